The highest BCUT2D eigenvalue weighted by molar-refractivity contribution is 7.13. The second-order valence-corrected chi connectivity index (χ2v) is 8.65. The smallest absolute Gasteiger partial charge is 0.266 e. The first kappa shape index (κ1) is 18.0. The molecule has 0 aromatic carbocycles. The van der Waals surface area contributed by atoms with E-state index in [0.29, 0.717) is 22.3 Å². The van der Waals surface area contributed by atoms with E-state index in [4.69, 9.17) is 0 Å². The van der Waals surface area contributed by atoms with Crippen LogP contribution >= 0.6 is 22.7 Å². The molecule has 0 spiro atoms. The number of carbonyl (C=O) groups is 1. The van der Waals surface area contributed by atoms with Gasteiger partial charge in [0, 0.05) is 11.6 Å². The number of thiophene rings is 2. The van der Waals surface area contributed by atoms with Crippen LogP contribution in [0.15, 0.2) is 45.9 Å². The summed E-state index contributed by atoms with van der Waals surface area (Å²) < 4.78 is 1.51. The zero-order valence-electron chi connectivity index (χ0n) is 15.3. The molecule has 146 valence electrons. The molecular formula is C20H17N5O2S2. The Morgan fingerprint density at radius 2 is 1.97 bits per heavy atom. The maximum Gasteiger partial charge on any atom is 0.266 e. The van der Waals surface area contributed by atoms with Crippen molar-refractivity contribution in [1.29, 1.82) is 0 Å². The normalized spacial score (nSPS) is 13.2. The summed E-state index contributed by atoms with van der Waals surface area (Å²) in [6, 6.07) is 9.31. The fraction of sp³-hybridized carbons (Fsp3) is 0.200. The van der Waals surface area contributed by atoms with Crippen molar-refractivity contribution in [3.63, 3.8) is 0 Å². The molecule has 0 bridgehead atoms. The Balaban J connectivity index is 1.60. The minimum absolute atomic E-state index is 0.131. The summed E-state index contributed by atoms with van der Waals surface area (Å²) in [6.45, 7) is 0. The molecule has 1 aliphatic rings. The number of hydrogen-bond donors (Lipinski definition) is 2. The molecule has 0 saturated heterocycles. The van der Waals surface area contributed by atoms with Crippen LogP contribution in [0.4, 0.5) is 5.82 Å². The fourth-order valence-corrected chi connectivity index (χ4v) is 4.75. The number of aryl methyl sites for hydroxylation is 1. The molecule has 0 unspecified atom stereocenters. The molecule has 4 aromatic heterocycles. The number of nitrogens with zero attached hydrogens (tertiary/aromatic N) is 3. The summed E-state index contributed by atoms with van der Waals surface area (Å²) >= 11 is 2.92. The Labute approximate surface area is 174 Å². The van der Waals surface area contributed by atoms with Gasteiger partial charge in [0.15, 0.2) is 0 Å². The van der Waals surface area contributed by atoms with Crippen molar-refractivity contribution >= 4 is 34.4 Å². The number of H-pyrrole nitrogens is 1. The lowest BCUT2D eigenvalue weighted by molar-refractivity contribution is 0.103. The molecule has 7 nitrogen and oxygen atoms in total. The largest absolute Gasteiger partial charge is 0.306 e. The van der Waals surface area contributed by atoms with E-state index in [1.165, 1.54) is 16.0 Å². The molecule has 4 heterocycles. The molecule has 1 aliphatic carbocycles. The van der Waals surface area contributed by atoms with Gasteiger partial charge >= 0.3 is 0 Å². The third-order valence-corrected chi connectivity index (χ3v) is 6.61. The van der Waals surface area contributed by atoms with Crippen LogP contribution in [0.1, 0.15) is 33.8 Å². The van der Waals surface area contributed by atoms with Gasteiger partial charge in [-0.1, -0.05) is 12.1 Å². The third-order valence-electron chi connectivity index (χ3n) is 4.85. The fourth-order valence-electron chi connectivity index (χ4n) is 3.45. The van der Waals surface area contributed by atoms with Crippen LogP contribution < -0.4 is 10.9 Å². The van der Waals surface area contributed by atoms with Gasteiger partial charge in [-0.2, -0.15) is 9.78 Å². The molecule has 9 heteroatoms. The van der Waals surface area contributed by atoms with E-state index in [9.17, 15) is 9.59 Å². The van der Waals surface area contributed by atoms with Gasteiger partial charge < -0.3 is 5.32 Å². The lowest BCUT2D eigenvalue weighted by Gasteiger charge is -2.15. The van der Waals surface area contributed by atoms with Crippen molar-refractivity contribution < 1.29 is 4.79 Å². The maximum absolute atomic E-state index is 12.6. The van der Waals surface area contributed by atoms with E-state index in [2.05, 4.69) is 20.4 Å². The van der Waals surface area contributed by atoms with Crippen molar-refractivity contribution in [2.45, 2.75) is 25.7 Å². The Morgan fingerprint density at radius 3 is 2.76 bits per heavy atom. The number of carbonyl (C=O) groups excluding carboxylic acids is 1. The van der Waals surface area contributed by atoms with Crippen molar-refractivity contribution in [3.05, 3.63) is 67.6 Å². The van der Waals surface area contributed by atoms with E-state index in [1.807, 2.05) is 29.0 Å². The Hall–Kier alpha value is -3.04. The molecule has 4 aromatic rings. The van der Waals surface area contributed by atoms with E-state index < -0.39 is 0 Å². The highest BCUT2D eigenvalue weighted by Crippen LogP contribution is 2.28. The molecule has 0 atom stereocenters. The average molecular weight is 424 g/mol. The van der Waals surface area contributed by atoms with Gasteiger partial charge in [0.1, 0.15) is 11.5 Å². The molecule has 1 amide bonds. The summed E-state index contributed by atoms with van der Waals surface area (Å²) in [7, 11) is 0. The average Bonchev–Trinajstić information content (AvgIpc) is 3.48. The lowest BCUT2D eigenvalue weighted by atomic mass is 9.97. The van der Waals surface area contributed by atoms with Gasteiger partial charge in [0.2, 0.25) is 5.95 Å². The topological polar surface area (TPSA) is 92.7 Å². The van der Waals surface area contributed by atoms with E-state index in [0.717, 1.165) is 41.8 Å². The number of rotatable bonds is 4. The number of anilines is 1. The van der Waals surface area contributed by atoms with Crippen LogP contribution in [-0.4, -0.2) is 25.7 Å². The third kappa shape index (κ3) is 3.43. The number of hydrogen-bond acceptors (Lipinski definition) is 6. The van der Waals surface area contributed by atoms with Crippen molar-refractivity contribution in [3.8, 4) is 16.5 Å². The van der Waals surface area contributed by atoms with Gasteiger partial charge in [-0.3, -0.25) is 14.6 Å². The first-order valence-corrected chi connectivity index (χ1v) is 11.1. The van der Waals surface area contributed by atoms with Crippen LogP contribution in [0.2, 0.25) is 0 Å². The maximum atomic E-state index is 12.6. The molecule has 0 saturated carbocycles. The summed E-state index contributed by atoms with van der Waals surface area (Å²) in [4.78, 5) is 34.3. The molecular weight excluding hydrogens is 406 g/mol. The number of fused-ring (bicyclic) bond motifs is 1. The zero-order chi connectivity index (χ0) is 19.8. The highest BCUT2D eigenvalue weighted by Gasteiger charge is 2.20. The van der Waals surface area contributed by atoms with Crippen molar-refractivity contribution in [2.75, 3.05) is 5.32 Å². The molecule has 5 rings (SSSR count). The minimum atomic E-state index is -0.223. The molecule has 0 fully saturated rings. The van der Waals surface area contributed by atoms with Crippen LogP contribution in [-0.2, 0) is 12.8 Å². The van der Waals surface area contributed by atoms with Crippen molar-refractivity contribution in [1.82, 2.24) is 19.7 Å². The van der Waals surface area contributed by atoms with Gasteiger partial charge in [0.25, 0.3) is 11.5 Å². The second-order valence-electron chi connectivity index (χ2n) is 6.76. The summed E-state index contributed by atoms with van der Waals surface area (Å²) in [6.07, 6.45) is 3.55. The standard InChI is InChI=1S/C20H17N5O2S2/c26-18-12-5-1-2-6-13(12)21-20(23-18)25-17(22-19(27)16-8-4-10-29-16)11-14(24-25)15-7-3-9-28-15/h3-4,7-11H,1-2,5-6H2,(H,22,27)(H,21,23,26). The van der Waals surface area contributed by atoms with Gasteiger partial charge in [-0.15, -0.1) is 22.7 Å². The van der Waals surface area contributed by atoms with E-state index in [-0.39, 0.29) is 11.5 Å². The predicted octanol–water partition coefficient (Wildman–Crippen LogP) is 3.88. The van der Waals surface area contributed by atoms with E-state index >= 15 is 0 Å². The number of aromatic amines is 1. The summed E-state index contributed by atoms with van der Waals surface area (Å²) in [5, 5.41) is 11.4. The predicted molar refractivity (Wildman–Crippen MR) is 114 cm³/mol. The zero-order valence-corrected chi connectivity index (χ0v) is 17.0. The van der Waals surface area contributed by atoms with Crippen LogP contribution in [0, 0.1) is 0 Å². The van der Waals surface area contributed by atoms with Crippen LogP contribution in [0.25, 0.3) is 16.5 Å². The first-order valence-electron chi connectivity index (χ1n) is 9.30. The highest BCUT2D eigenvalue weighted by atomic mass is 32.1. The van der Waals surface area contributed by atoms with Gasteiger partial charge in [-0.05, 0) is 48.6 Å². The lowest BCUT2D eigenvalue weighted by Crippen LogP contribution is -2.24. The van der Waals surface area contributed by atoms with Gasteiger partial charge in [0.05, 0.1) is 15.4 Å². The molecule has 2 N–H and O–H groups in total. The summed E-state index contributed by atoms with van der Waals surface area (Å²) in [5.41, 5.74) is 2.16. The monoisotopic (exact) mass is 423 g/mol. The SMILES string of the molecule is O=C(Nc1cc(-c2cccs2)nn1-c1nc2c(c(=O)[nH]1)CCCC2)c1cccs1. The minimum Gasteiger partial charge on any atom is -0.306 e. The quantitative estimate of drug-likeness (QED) is 0.521. The van der Waals surface area contributed by atoms with E-state index in [1.54, 1.807) is 23.5 Å². The van der Waals surface area contributed by atoms with Crippen molar-refractivity contribution in [2.24, 2.45) is 0 Å². The van der Waals surface area contributed by atoms with Crippen LogP contribution in [0.3, 0.4) is 0 Å². The molecule has 0 aliphatic heterocycles. The van der Waals surface area contributed by atoms with Crippen LogP contribution in [0.5, 0.6) is 0 Å². The first-order chi connectivity index (χ1) is 14.2. The number of amides is 1. The Bertz CT molecular complexity index is 1220. The Kier molecular flexibility index (Phi) is 4.61. The second kappa shape index (κ2) is 7.41. The number of nitrogens with one attached hydrogen (secondary N) is 2. The van der Waals surface area contributed by atoms with Gasteiger partial charge in [-0.25, -0.2) is 4.98 Å². The molecule has 29 heavy (non-hydrogen) atoms. The number of aromatic nitrogens is 4. The summed E-state index contributed by atoms with van der Waals surface area (Å²) in [5.74, 6) is 0.560. The molecule has 0 radical (unpaired) electrons. The Morgan fingerprint density at radius 1 is 1.14 bits per heavy atom.